The molecule has 0 aliphatic carbocycles. The third kappa shape index (κ3) is 3.37. The van der Waals surface area contributed by atoms with Gasteiger partial charge >= 0.3 is 0 Å². The molecule has 0 aromatic heterocycles. The Morgan fingerprint density at radius 3 is 2.86 bits per heavy atom. The molecule has 21 heavy (non-hydrogen) atoms. The van der Waals surface area contributed by atoms with E-state index >= 15 is 0 Å². The van der Waals surface area contributed by atoms with Crippen molar-refractivity contribution in [2.24, 2.45) is 0 Å². The second kappa shape index (κ2) is 6.19. The van der Waals surface area contributed by atoms with E-state index in [0.717, 1.165) is 31.9 Å². The van der Waals surface area contributed by atoms with Gasteiger partial charge in [-0.05, 0) is 42.9 Å². The van der Waals surface area contributed by atoms with E-state index in [-0.39, 0.29) is 0 Å². The van der Waals surface area contributed by atoms with E-state index in [1.807, 2.05) is 0 Å². The monoisotopic (exact) mass is 282 g/mol. The molecule has 1 aliphatic rings. The lowest BCUT2D eigenvalue weighted by Crippen LogP contribution is -2.12. The van der Waals surface area contributed by atoms with Crippen LogP contribution in [0.4, 0.5) is 5.69 Å². The van der Waals surface area contributed by atoms with Crippen LogP contribution in [0.5, 0.6) is 5.75 Å². The van der Waals surface area contributed by atoms with Crippen molar-refractivity contribution in [3.8, 4) is 5.75 Å². The van der Waals surface area contributed by atoms with Crippen LogP contribution >= 0.6 is 0 Å². The van der Waals surface area contributed by atoms with E-state index in [2.05, 4.69) is 66.8 Å². The highest BCUT2D eigenvalue weighted by atomic mass is 16.5. The summed E-state index contributed by atoms with van der Waals surface area (Å²) in [5.41, 5.74) is 5.17. The molecular weight excluding hydrogens is 260 g/mol. The maximum absolute atomic E-state index is 5.55. The van der Waals surface area contributed by atoms with Crippen molar-refractivity contribution in [1.29, 1.82) is 0 Å². The molecule has 0 spiro atoms. The average molecular weight is 282 g/mol. The predicted octanol–water partition coefficient (Wildman–Crippen LogP) is 3.30. The van der Waals surface area contributed by atoms with Gasteiger partial charge in [-0.3, -0.25) is 0 Å². The van der Waals surface area contributed by atoms with Crippen molar-refractivity contribution >= 4 is 5.69 Å². The molecule has 2 aromatic rings. The molecule has 0 amide bonds. The third-order valence-corrected chi connectivity index (χ3v) is 3.74. The Hall–Kier alpha value is -2.00. The highest BCUT2D eigenvalue weighted by Gasteiger charge is 2.12. The summed E-state index contributed by atoms with van der Waals surface area (Å²) in [4.78, 5) is 2.19. The molecule has 3 heteroatoms. The summed E-state index contributed by atoms with van der Waals surface area (Å²) >= 11 is 0. The number of benzene rings is 2. The minimum Gasteiger partial charge on any atom is -0.493 e. The molecule has 110 valence electrons. The lowest BCUT2D eigenvalue weighted by Gasteiger charge is -2.15. The average Bonchev–Trinajstić information content (AvgIpc) is 2.93. The molecule has 0 saturated heterocycles. The van der Waals surface area contributed by atoms with Gasteiger partial charge in [0.25, 0.3) is 0 Å². The molecule has 0 unspecified atom stereocenters. The smallest absolute Gasteiger partial charge is 0.122 e. The SMILES string of the molecule is CN(C)Cc1ccccc1NCc1ccc2c(c1)CCO2. The van der Waals surface area contributed by atoms with Gasteiger partial charge in [-0.25, -0.2) is 0 Å². The number of nitrogens with one attached hydrogen (secondary N) is 1. The fraction of sp³-hybridized carbons (Fsp3) is 0.333. The fourth-order valence-electron chi connectivity index (χ4n) is 2.72. The normalized spacial score (nSPS) is 13.1. The van der Waals surface area contributed by atoms with Crippen molar-refractivity contribution in [3.63, 3.8) is 0 Å². The van der Waals surface area contributed by atoms with Crippen LogP contribution in [0, 0.1) is 0 Å². The fourth-order valence-corrected chi connectivity index (χ4v) is 2.72. The molecule has 0 bridgehead atoms. The van der Waals surface area contributed by atoms with Crippen molar-refractivity contribution < 1.29 is 4.74 Å². The van der Waals surface area contributed by atoms with Crippen molar-refractivity contribution in [3.05, 3.63) is 59.2 Å². The molecule has 2 aromatic carbocycles. The number of hydrogen-bond donors (Lipinski definition) is 1. The topological polar surface area (TPSA) is 24.5 Å². The Morgan fingerprint density at radius 1 is 1.14 bits per heavy atom. The van der Waals surface area contributed by atoms with E-state index in [1.54, 1.807) is 0 Å². The van der Waals surface area contributed by atoms with E-state index in [1.165, 1.54) is 22.4 Å². The maximum Gasteiger partial charge on any atom is 0.122 e. The van der Waals surface area contributed by atoms with Crippen LogP contribution in [-0.4, -0.2) is 25.6 Å². The zero-order chi connectivity index (χ0) is 14.7. The molecule has 1 N–H and O–H groups in total. The van der Waals surface area contributed by atoms with E-state index < -0.39 is 0 Å². The van der Waals surface area contributed by atoms with Gasteiger partial charge in [0.05, 0.1) is 6.61 Å². The lowest BCUT2D eigenvalue weighted by molar-refractivity contribution is 0.357. The summed E-state index contributed by atoms with van der Waals surface area (Å²) in [5.74, 6) is 1.05. The number of ether oxygens (including phenoxy) is 1. The van der Waals surface area contributed by atoms with Crippen LogP contribution in [0.3, 0.4) is 0 Å². The molecule has 0 saturated carbocycles. The Balaban J connectivity index is 1.70. The standard InChI is InChI=1S/C18H22N2O/c1-20(2)13-16-5-3-4-6-17(16)19-12-14-7-8-18-15(11-14)9-10-21-18/h3-8,11,19H,9-10,12-13H2,1-2H3. The number of hydrogen-bond acceptors (Lipinski definition) is 3. The highest BCUT2D eigenvalue weighted by Crippen LogP contribution is 2.26. The molecule has 0 atom stereocenters. The number of fused-ring (bicyclic) bond motifs is 1. The first-order valence-corrected chi connectivity index (χ1v) is 7.43. The molecule has 3 rings (SSSR count). The minimum atomic E-state index is 0.817. The highest BCUT2D eigenvalue weighted by molar-refractivity contribution is 5.52. The number of rotatable bonds is 5. The maximum atomic E-state index is 5.55. The van der Waals surface area contributed by atoms with Crippen LogP contribution in [0.2, 0.25) is 0 Å². The Kier molecular flexibility index (Phi) is 4.11. The van der Waals surface area contributed by atoms with Gasteiger partial charge in [0.15, 0.2) is 0 Å². The quantitative estimate of drug-likeness (QED) is 0.910. The molecule has 0 radical (unpaired) electrons. The van der Waals surface area contributed by atoms with Gasteiger partial charge in [-0.15, -0.1) is 0 Å². The van der Waals surface area contributed by atoms with Gasteiger partial charge in [0.2, 0.25) is 0 Å². The zero-order valence-corrected chi connectivity index (χ0v) is 12.7. The second-order valence-electron chi connectivity index (χ2n) is 5.79. The third-order valence-electron chi connectivity index (χ3n) is 3.74. The molecule has 0 fully saturated rings. The molecule has 1 aliphatic heterocycles. The Labute approximate surface area is 126 Å². The van der Waals surface area contributed by atoms with Gasteiger partial charge in [-0.2, -0.15) is 0 Å². The van der Waals surface area contributed by atoms with Crippen molar-refractivity contribution in [1.82, 2.24) is 4.90 Å². The largest absolute Gasteiger partial charge is 0.493 e. The van der Waals surface area contributed by atoms with Crippen molar-refractivity contribution in [2.45, 2.75) is 19.5 Å². The first-order chi connectivity index (χ1) is 10.2. The number of nitrogens with zero attached hydrogens (tertiary/aromatic N) is 1. The van der Waals surface area contributed by atoms with Crippen LogP contribution in [0.1, 0.15) is 16.7 Å². The van der Waals surface area contributed by atoms with Crippen LogP contribution in [-0.2, 0) is 19.5 Å². The van der Waals surface area contributed by atoms with Crippen LogP contribution < -0.4 is 10.1 Å². The van der Waals surface area contributed by atoms with E-state index in [9.17, 15) is 0 Å². The van der Waals surface area contributed by atoms with Crippen LogP contribution in [0.15, 0.2) is 42.5 Å². The molecule has 3 nitrogen and oxygen atoms in total. The van der Waals surface area contributed by atoms with Gasteiger partial charge < -0.3 is 15.0 Å². The van der Waals surface area contributed by atoms with Crippen LogP contribution in [0.25, 0.3) is 0 Å². The van der Waals surface area contributed by atoms with Gasteiger partial charge in [0.1, 0.15) is 5.75 Å². The predicted molar refractivity (Wildman–Crippen MR) is 86.8 cm³/mol. The Bertz CT molecular complexity index is 622. The lowest BCUT2D eigenvalue weighted by atomic mass is 10.1. The van der Waals surface area contributed by atoms with Gasteiger partial charge in [-0.1, -0.05) is 30.3 Å². The zero-order valence-electron chi connectivity index (χ0n) is 12.7. The summed E-state index contributed by atoms with van der Waals surface area (Å²) in [7, 11) is 4.19. The van der Waals surface area contributed by atoms with E-state index in [4.69, 9.17) is 4.74 Å². The summed E-state index contributed by atoms with van der Waals surface area (Å²) in [5, 5.41) is 3.56. The van der Waals surface area contributed by atoms with Crippen molar-refractivity contribution in [2.75, 3.05) is 26.0 Å². The number of anilines is 1. The molecule has 1 heterocycles. The summed E-state index contributed by atoms with van der Waals surface area (Å²) in [6.45, 7) is 2.61. The second-order valence-corrected chi connectivity index (χ2v) is 5.79. The Morgan fingerprint density at radius 2 is 2.00 bits per heavy atom. The first-order valence-electron chi connectivity index (χ1n) is 7.43. The minimum absolute atomic E-state index is 0.817. The number of para-hydroxylation sites is 1. The van der Waals surface area contributed by atoms with Gasteiger partial charge in [0, 0.05) is 25.2 Å². The summed E-state index contributed by atoms with van der Waals surface area (Å²) in [6.07, 6.45) is 1.03. The first kappa shape index (κ1) is 14.0. The summed E-state index contributed by atoms with van der Waals surface area (Å²) in [6, 6.07) is 15.0. The van der Waals surface area contributed by atoms with E-state index in [0.29, 0.717) is 0 Å². The summed E-state index contributed by atoms with van der Waals surface area (Å²) < 4.78 is 5.55. The molecular formula is C18H22N2O.